The SMILES string of the molecule is O=C(O)Cc1ccc(S(=O)(=O)CCSC(F)(F)F)cc1. The topological polar surface area (TPSA) is 71.4 Å². The molecule has 4 nitrogen and oxygen atoms in total. The van der Waals surface area contributed by atoms with Crippen molar-refractivity contribution in [2.24, 2.45) is 0 Å². The van der Waals surface area contributed by atoms with E-state index in [9.17, 15) is 26.4 Å². The van der Waals surface area contributed by atoms with Crippen LogP contribution in [0.1, 0.15) is 5.56 Å². The zero-order valence-electron chi connectivity index (χ0n) is 10.1. The van der Waals surface area contributed by atoms with Gasteiger partial charge in [0.25, 0.3) is 0 Å². The Morgan fingerprint density at radius 2 is 1.75 bits per heavy atom. The number of carboxylic acids is 1. The Labute approximate surface area is 117 Å². The Kier molecular flexibility index (Phi) is 5.46. The molecule has 0 unspecified atom stereocenters. The van der Waals surface area contributed by atoms with Crippen LogP contribution in [0.3, 0.4) is 0 Å². The van der Waals surface area contributed by atoms with E-state index in [1.807, 2.05) is 0 Å². The zero-order chi connectivity index (χ0) is 15.4. The first-order valence-electron chi connectivity index (χ1n) is 5.34. The molecule has 0 aliphatic carbocycles. The van der Waals surface area contributed by atoms with Gasteiger partial charge in [-0.25, -0.2) is 8.42 Å². The summed E-state index contributed by atoms with van der Waals surface area (Å²) in [6, 6.07) is 5.06. The van der Waals surface area contributed by atoms with Crippen molar-refractivity contribution in [3.8, 4) is 0 Å². The summed E-state index contributed by atoms with van der Waals surface area (Å²) >= 11 is -0.390. The molecule has 1 aromatic rings. The number of carboxylic acid groups (broad SMARTS) is 1. The maximum absolute atomic E-state index is 11.9. The number of hydrogen-bond acceptors (Lipinski definition) is 4. The third kappa shape index (κ3) is 5.83. The molecule has 9 heteroatoms. The molecular formula is C11H11F3O4S2. The van der Waals surface area contributed by atoms with E-state index in [0.717, 1.165) is 0 Å². The van der Waals surface area contributed by atoms with E-state index in [4.69, 9.17) is 5.11 Å². The van der Waals surface area contributed by atoms with E-state index in [1.54, 1.807) is 0 Å². The van der Waals surface area contributed by atoms with Crippen LogP contribution in [0.5, 0.6) is 0 Å². The predicted molar refractivity (Wildman–Crippen MR) is 68.3 cm³/mol. The number of aliphatic carboxylic acids is 1. The van der Waals surface area contributed by atoms with Gasteiger partial charge < -0.3 is 5.11 Å². The fourth-order valence-corrected chi connectivity index (χ4v) is 3.60. The lowest BCUT2D eigenvalue weighted by Crippen LogP contribution is -2.12. The summed E-state index contributed by atoms with van der Waals surface area (Å²) < 4.78 is 59.3. The number of thioether (sulfide) groups is 1. The smallest absolute Gasteiger partial charge is 0.441 e. The van der Waals surface area contributed by atoms with E-state index >= 15 is 0 Å². The number of benzene rings is 1. The highest BCUT2D eigenvalue weighted by Crippen LogP contribution is 2.30. The van der Waals surface area contributed by atoms with Gasteiger partial charge in [0, 0.05) is 5.75 Å². The molecule has 0 radical (unpaired) electrons. The predicted octanol–water partition coefficient (Wildman–Crippen LogP) is 2.34. The first kappa shape index (κ1) is 16.8. The van der Waals surface area contributed by atoms with Crippen LogP contribution in [0.4, 0.5) is 13.2 Å². The number of sulfone groups is 1. The van der Waals surface area contributed by atoms with Gasteiger partial charge in [-0.1, -0.05) is 12.1 Å². The van der Waals surface area contributed by atoms with Crippen LogP contribution in [-0.2, 0) is 21.1 Å². The summed E-state index contributed by atoms with van der Waals surface area (Å²) in [6.45, 7) is 0. The van der Waals surface area contributed by atoms with Crippen molar-refractivity contribution in [3.63, 3.8) is 0 Å². The van der Waals surface area contributed by atoms with Crippen molar-refractivity contribution in [1.82, 2.24) is 0 Å². The van der Waals surface area contributed by atoms with Crippen molar-refractivity contribution in [2.75, 3.05) is 11.5 Å². The lowest BCUT2D eigenvalue weighted by atomic mass is 10.2. The number of rotatable bonds is 6. The quantitative estimate of drug-likeness (QED) is 0.868. The summed E-state index contributed by atoms with van der Waals surface area (Å²) in [5.74, 6) is -2.26. The first-order chi connectivity index (χ1) is 9.10. The summed E-state index contributed by atoms with van der Waals surface area (Å²) in [5.41, 5.74) is -4.04. The maximum atomic E-state index is 11.9. The highest BCUT2D eigenvalue weighted by molar-refractivity contribution is 8.01. The summed E-state index contributed by atoms with van der Waals surface area (Å²) in [7, 11) is -3.80. The van der Waals surface area contributed by atoms with Gasteiger partial charge in [-0.05, 0) is 29.5 Å². The second kappa shape index (κ2) is 6.49. The Balaban J connectivity index is 2.70. The largest absolute Gasteiger partial charge is 0.481 e. The molecule has 0 amide bonds. The van der Waals surface area contributed by atoms with Gasteiger partial charge in [-0.15, -0.1) is 0 Å². The normalized spacial score (nSPS) is 12.3. The third-order valence-electron chi connectivity index (χ3n) is 2.26. The van der Waals surface area contributed by atoms with Crippen molar-refractivity contribution >= 4 is 27.6 Å². The molecule has 0 aromatic heterocycles. The lowest BCUT2D eigenvalue weighted by Gasteiger charge is -2.07. The molecule has 0 heterocycles. The van der Waals surface area contributed by atoms with Crippen LogP contribution in [0.2, 0.25) is 0 Å². The van der Waals surface area contributed by atoms with Gasteiger partial charge in [0.2, 0.25) is 0 Å². The number of hydrogen-bond donors (Lipinski definition) is 1. The molecule has 0 spiro atoms. The van der Waals surface area contributed by atoms with E-state index in [-0.39, 0.29) is 11.3 Å². The molecule has 1 aromatic carbocycles. The monoisotopic (exact) mass is 328 g/mol. The molecule has 20 heavy (non-hydrogen) atoms. The summed E-state index contributed by atoms with van der Waals surface area (Å²) in [5, 5.41) is 8.56. The summed E-state index contributed by atoms with van der Waals surface area (Å²) in [6.07, 6.45) is -0.246. The summed E-state index contributed by atoms with van der Waals surface area (Å²) in [4.78, 5) is 10.3. The minimum Gasteiger partial charge on any atom is -0.481 e. The molecule has 0 fully saturated rings. The van der Waals surface area contributed by atoms with Crippen LogP contribution in [0.15, 0.2) is 29.2 Å². The van der Waals surface area contributed by atoms with Gasteiger partial charge in [0.1, 0.15) is 0 Å². The Morgan fingerprint density at radius 1 is 1.20 bits per heavy atom. The lowest BCUT2D eigenvalue weighted by molar-refractivity contribution is -0.136. The van der Waals surface area contributed by atoms with Crippen LogP contribution >= 0.6 is 11.8 Å². The van der Waals surface area contributed by atoms with E-state index in [1.165, 1.54) is 24.3 Å². The number of alkyl halides is 3. The van der Waals surface area contributed by atoms with Crippen LogP contribution in [0.25, 0.3) is 0 Å². The molecular weight excluding hydrogens is 317 g/mol. The fraction of sp³-hybridized carbons (Fsp3) is 0.364. The maximum Gasteiger partial charge on any atom is 0.441 e. The van der Waals surface area contributed by atoms with Gasteiger partial charge in [0.05, 0.1) is 17.1 Å². The standard InChI is InChI=1S/C11H11F3O4S2/c12-11(13,14)19-5-6-20(17,18)9-3-1-8(2-4-9)7-10(15)16/h1-4H,5-7H2,(H,15,16). The van der Waals surface area contributed by atoms with Crippen molar-refractivity contribution in [2.45, 2.75) is 16.8 Å². The third-order valence-corrected chi connectivity index (χ3v) is 4.98. The minimum absolute atomic E-state index is 0.116. The average molecular weight is 328 g/mol. The van der Waals surface area contributed by atoms with E-state index in [0.29, 0.717) is 5.56 Å². The average Bonchev–Trinajstić information content (AvgIpc) is 2.26. The van der Waals surface area contributed by atoms with Crippen LogP contribution in [-0.4, -0.2) is 36.5 Å². The van der Waals surface area contributed by atoms with E-state index in [2.05, 4.69) is 0 Å². The van der Waals surface area contributed by atoms with Crippen molar-refractivity contribution in [3.05, 3.63) is 29.8 Å². The number of halogens is 3. The van der Waals surface area contributed by atoms with Crippen molar-refractivity contribution in [1.29, 1.82) is 0 Å². The van der Waals surface area contributed by atoms with Gasteiger partial charge >= 0.3 is 11.5 Å². The Hall–Kier alpha value is -1.22. The molecule has 0 aliphatic rings. The molecule has 0 saturated heterocycles. The van der Waals surface area contributed by atoms with E-state index < -0.39 is 44.6 Å². The Morgan fingerprint density at radius 3 is 2.20 bits per heavy atom. The van der Waals surface area contributed by atoms with Crippen LogP contribution < -0.4 is 0 Å². The van der Waals surface area contributed by atoms with Crippen LogP contribution in [0, 0.1) is 0 Å². The van der Waals surface area contributed by atoms with Gasteiger partial charge in [0.15, 0.2) is 9.84 Å². The first-order valence-corrected chi connectivity index (χ1v) is 7.98. The molecule has 0 bridgehead atoms. The minimum atomic E-state index is -4.46. The number of carbonyl (C=O) groups is 1. The molecule has 1 N–H and O–H groups in total. The highest BCUT2D eigenvalue weighted by atomic mass is 32.2. The zero-order valence-corrected chi connectivity index (χ0v) is 11.7. The Bertz CT molecular complexity index is 564. The second-order valence-corrected chi connectivity index (χ2v) is 7.10. The molecule has 1 rings (SSSR count). The highest BCUT2D eigenvalue weighted by Gasteiger charge is 2.29. The molecule has 0 aliphatic heterocycles. The molecule has 0 atom stereocenters. The fourth-order valence-electron chi connectivity index (χ4n) is 1.37. The molecule has 112 valence electrons. The van der Waals surface area contributed by atoms with Gasteiger partial charge in [-0.3, -0.25) is 4.79 Å². The van der Waals surface area contributed by atoms with Gasteiger partial charge in [-0.2, -0.15) is 13.2 Å². The second-order valence-electron chi connectivity index (χ2n) is 3.83. The molecule has 0 saturated carbocycles. The van der Waals surface area contributed by atoms with Crippen molar-refractivity contribution < 1.29 is 31.5 Å².